The van der Waals surface area contributed by atoms with Gasteiger partial charge in [0, 0.05) is 22.5 Å². The SMILES string of the molecule is Cc1cc(-c2ccc(NC(=O)COCCOCCN=[N+]=[N-])c(C)c2)ccc1N=Nc1ccc2c(S(=O)(=O)[O-])cc(S(=O)(=O)[O-])c(N)c2c1O.[Na+].[Na+]. The number of nitrogens with two attached hydrogens (primary N) is 1. The molecule has 4 aromatic rings. The van der Waals surface area contributed by atoms with Gasteiger partial charge >= 0.3 is 59.1 Å². The molecule has 1 amide bonds. The smallest absolute Gasteiger partial charge is 0.744 e. The molecule has 0 saturated carbocycles. The molecule has 21 heteroatoms. The predicted molar refractivity (Wildman–Crippen MR) is 176 cm³/mol. The van der Waals surface area contributed by atoms with E-state index in [0.717, 1.165) is 28.8 Å². The van der Waals surface area contributed by atoms with Gasteiger partial charge in [-0.1, -0.05) is 23.3 Å². The van der Waals surface area contributed by atoms with Crippen molar-refractivity contribution in [3.05, 3.63) is 76.2 Å². The van der Waals surface area contributed by atoms with Crippen molar-refractivity contribution in [2.45, 2.75) is 23.6 Å². The van der Waals surface area contributed by atoms with Gasteiger partial charge in [-0.05, 0) is 78.0 Å². The van der Waals surface area contributed by atoms with Crippen LogP contribution in [0.1, 0.15) is 11.1 Å². The summed E-state index contributed by atoms with van der Waals surface area (Å²) in [4.78, 5) is 12.7. The van der Waals surface area contributed by atoms with Gasteiger partial charge in [-0.15, -0.1) is 5.11 Å². The zero-order chi connectivity index (χ0) is 35.9. The summed E-state index contributed by atoms with van der Waals surface area (Å²) in [6.07, 6.45) is 0. The Bertz CT molecular complexity index is 2230. The number of aromatic hydroxyl groups is 1. The molecule has 0 saturated heterocycles. The summed E-state index contributed by atoms with van der Waals surface area (Å²) in [5, 5.41) is 24.2. The maximum absolute atomic E-state index is 12.3. The number of aryl methyl sites for hydroxylation is 2. The average Bonchev–Trinajstić information content (AvgIpc) is 3.02. The molecular formula is C30H29N7Na2O10S2. The molecule has 17 nitrogen and oxygen atoms in total. The van der Waals surface area contributed by atoms with E-state index in [1.807, 2.05) is 25.1 Å². The van der Waals surface area contributed by atoms with Crippen LogP contribution in [0.3, 0.4) is 0 Å². The Morgan fingerprint density at radius 1 is 0.863 bits per heavy atom. The molecule has 4 aromatic carbocycles. The second kappa shape index (κ2) is 19.1. The van der Waals surface area contributed by atoms with Crippen LogP contribution in [0.2, 0.25) is 0 Å². The Morgan fingerprint density at radius 3 is 2.06 bits per heavy atom. The van der Waals surface area contributed by atoms with Gasteiger partial charge in [-0.25, -0.2) is 16.8 Å². The zero-order valence-corrected chi connectivity index (χ0v) is 33.6. The van der Waals surface area contributed by atoms with E-state index >= 15 is 0 Å². The normalized spacial score (nSPS) is 11.5. The number of nitrogens with one attached hydrogen (secondary N) is 1. The van der Waals surface area contributed by atoms with Crippen LogP contribution in [-0.2, 0) is 34.5 Å². The Morgan fingerprint density at radius 2 is 1.45 bits per heavy atom. The van der Waals surface area contributed by atoms with Gasteiger partial charge in [0.15, 0.2) is 5.75 Å². The Kier molecular flexibility index (Phi) is 16.5. The quantitative estimate of drug-likeness (QED) is 0.0265. The standard InChI is InChI=1S/C30H31N7O10S2.2Na/c1-17-13-19(3-6-22(17)34-27(38)16-47-12-11-46-10-9-33-37-32)20-4-7-23(18(2)14-20)35-36-24-8-5-21-25(48(40,41)42)15-26(49(43,44)45)29(31)28(21)30(24)39;;/h3-8,13-15,39H,9-12,16,31H2,1-2H3,(H,34,38)(H,40,41,42)(H,43,44,45);;/q;2*+1/p-2. The van der Waals surface area contributed by atoms with Crippen molar-refractivity contribution < 1.29 is 104 Å². The molecule has 0 unspecified atom stereocenters. The molecule has 0 aliphatic carbocycles. The van der Waals surface area contributed by atoms with E-state index in [-0.39, 0.29) is 104 Å². The first-order valence-corrected chi connectivity index (χ1v) is 17.0. The maximum atomic E-state index is 12.3. The van der Waals surface area contributed by atoms with Gasteiger partial charge in [0.05, 0.1) is 46.4 Å². The number of hydrogen-bond donors (Lipinski definition) is 3. The number of carbonyl (C=O) groups excluding carboxylic acids is 1. The van der Waals surface area contributed by atoms with Gasteiger partial charge in [-0.2, -0.15) is 5.11 Å². The first-order valence-electron chi connectivity index (χ1n) is 14.2. The number of fused-ring (bicyclic) bond motifs is 1. The van der Waals surface area contributed by atoms with Crippen molar-refractivity contribution in [2.75, 3.05) is 44.0 Å². The molecule has 0 aliphatic heterocycles. The van der Waals surface area contributed by atoms with Crippen molar-refractivity contribution >= 4 is 59.7 Å². The first-order chi connectivity index (χ1) is 23.1. The fourth-order valence-corrected chi connectivity index (χ4v) is 6.12. The van der Waals surface area contributed by atoms with Gasteiger partial charge in [0.2, 0.25) is 5.91 Å². The summed E-state index contributed by atoms with van der Waals surface area (Å²) in [6.45, 7) is 4.34. The third-order valence-corrected chi connectivity index (χ3v) is 8.81. The number of phenols is 1. The van der Waals surface area contributed by atoms with Crippen LogP contribution in [0.5, 0.6) is 5.75 Å². The largest absolute Gasteiger partial charge is 1.00 e. The van der Waals surface area contributed by atoms with E-state index in [0.29, 0.717) is 23.0 Å². The molecule has 0 fully saturated rings. The van der Waals surface area contributed by atoms with E-state index in [4.69, 9.17) is 20.7 Å². The fraction of sp³-hybridized carbons (Fsp3) is 0.233. The number of hydrogen-bond acceptors (Lipinski definition) is 14. The summed E-state index contributed by atoms with van der Waals surface area (Å²) >= 11 is 0. The first kappa shape index (κ1) is 44.0. The Hall–Kier alpha value is -3.14. The monoisotopic (exact) mass is 757 g/mol. The number of anilines is 2. The number of carbonyl (C=O) groups is 1. The number of nitrogen functional groups attached to an aromatic ring is 1. The number of ether oxygens (including phenoxy) is 2. The number of phenolic OH excluding ortho intramolecular Hbond substituents is 1. The fourth-order valence-electron chi connectivity index (χ4n) is 4.71. The van der Waals surface area contributed by atoms with Gasteiger partial charge in [-0.3, -0.25) is 4.79 Å². The minimum atomic E-state index is -5.32. The molecule has 0 spiro atoms. The van der Waals surface area contributed by atoms with E-state index in [1.165, 1.54) is 0 Å². The van der Waals surface area contributed by atoms with Crippen LogP contribution in [0.4, 0.5) is 22.7 Å². The molecule has 0 radical (unpaired) electrons. The number of azo groups is 1. The predicted octanol–water partition coefficient (Wildman–Crippen LogP) is -1.07. The van der Waals surface area contributed by atoms with Crippen molar-refractivity contribution in [1.29, 1.82) is 0 Å². The molecule has 258 valence electrons. The maximum Gasteiger partial charge on any atom is 1.00 e. The van der Waals surface area contributed by atoms with Crippen molar-refractivity contribution in [3.8, 4) is 16.9 Å². The van der Waals surface area contributed by atoms with E-state index in [2.05, 4.69) is 25.6 Å². The molecule has 51 heavy (non-hydrogen) atoms. The molecule has 0 aromatic heterocycles. The third kappa shape index (κ3) is 11.4. The number of rotatable bonds is 14. The van der Waals surface area contributed by atoms with Crippen LogP contribution < -0.4 is 70.2 Å². The van der Waals surface area contributed by atoms with E-state index in [1.54, 1.807) is 25.1 Å². The average molecular weight is 758 g/mol. The Balaban J connectivity index is 0.00000451. The number of nitrogens with zero attached hydrogens (tertiary/aromatic N) is 5. The van der Waals surface area contributed by atoms with E-state index in [9.17, 15) is 35.8 Å². The minimum absolute atomic E-state index is 0. The minimum Gasteiger partial charge on any atom is -0.744 e. The number of azide groups is 1. The van der Waals surface area contributed by atoms with Gasteiger partial charge in [0.1, 0.15) is 32.5 Å². The molecule has 0 bridgehead atoms. The van der Waals surface area contributed by atoms with Gasteiger partial charge in [0.25, 0.3) is 0 Å². The summed E-state index contributed by atoms with van der Waals surface area (Å²) < 4.78 is 81.1. The summed E-state index contributed by atoms with van der Waals surface area (Å²) in [5.41, 5.74) is 17.2. The van der Waals surface area contributed by atoms with Crippen LogP contribution in [0.15, 0.2) is 79.7 Å². The molecule has 0 heterocycles. The van der Waals surface area contributed by atoms with Crippen molar-refractivity contribution in [3.63, 3.8) is 0 Å². The molecule has 0 aliphatic rings. The molecular weight excluding hydrogens is 728 g/mol. The van der Waals surface area contributed by atoms with Crippen LogP contribution in [-0.4, -0.2) is 69.9 Å². The molecule has 0 atom stereocenters. The summed E-state index contributed by atoms with van der Waals surface area (Å²) in [5.74, 6) is -1.13. The molecule has 4 rings (SSSR count). The van der Waals surface area contributed by atoms with E-state index < -0.39 is 52.2 Å². The second-order valence-electron chi connectivity index (χ2n) is 10.4. The number of amides is 1. The van der Waals surface area contributed by atoms with Crippen molar-refractivity contribution in [2.24, 2.45) is 15.3 Å². The topological polar surface area (TPSA) is 282 Å². The van der Waals surface area contributed by atoms with Crippen molar-refractivity contribution in [1.82, 2.24) is 0 Å². The summed E-state index contributed by atoms with van der Waals surface area (Å²) in [6, 6.07) is 13.3. The second-order valence-corrected chi connectivity index (χ2v) is 13.1. The van der Waals surface area contributed by atoms with Gasteiger partial charge < -0.3 is 34.7 Å². The Labute approximate surface area is 337 Å². The number of benzene rings is 4. The van der Waals surface area contributed by atoms with Crippen LogP contribution in [0.25, 0.3) is 32.3 Å². The summed E-state index contributed by atoms with van der Waals surface area (Å²) in [7, 11) is -10.6. The van der Waals surface area contributed by atoms with Crippen LogP contribution >= 0.6 is 0 Å². The third-order valence-electron chi connectivity index (χ3n) is 7.06. The zero-order valence-electron chi connectivity index (χ0n) is 28.0. The molecule has 4 N–H and O–H groups in total. The van der Waals surface area contributed by atoms with Crippen LogP contribution in [0, 0.1) is 13.8 Å².